The van der Waals surface area contributed by atoms with Crippen LogP contribution in [0, 0.1) is 0 Å². The molecule has 1 N–H and O–H groups in total. The molecule has 1 aliphatic heterocycles. The van der Waals surface area contributed by atoms with Crippen LogP contribution in [-0.2, 0) is 13.1 Å². The Balaban J connectivity index is 1.67. The molecule has 0 amide bonds. The van der Waals surface area contributed by atoms with Crippen LogP contribution in [0.25, 0.3) is 0 Å². The standard InChI is InChI=1S/C13H19N5/c1-3-12(9-14-4-1)13-10-15-11-17(13)7-8-18-6-2-5-16-18/h2,5-6,10-12,14H,1,3-4,7-9H2. The van der Waals surface area contributed by atoms with Gasteiger partial charge in [-0.15, -0.1) is 0 Å². The lowest BCUT2D eigenvalue weighted by Crippen LogP contribution is -2.29. The fourth-order valence-electron chi connectivity index (χ4n) is 2.60. The third-order valence-electron chi connectivity index (χ3n) is 3.59. The maximum absolute atomic E-state index is 4.30. The summed E-state index contributed by atoms with van der Waals surface area (Å²) in [5.74, 6) is 0.610. The molecule has 0 spiro atoms. The van der Waals surface area contributed by atoms with Crippen LogP contribution in [0.15, 0.2) is 31.0 Å². The largest absolute Gasteiger partial charge is 0.332 e. The van der Waals surface area contributed by atoms with Gasteiger partial charge in [0.25, 0.3) is 0 Å². The first-order valence-electron chi connectivity index (χ1n) is 6.61. The molecule has 1 unspecified atom stereocenters. The zero-order valence-electron chi connectivity index (χ0n) is 10.5. The summed E-state index contributed by atoms with van der Waals surface area (Å²) in [6.07, 6.45) is 10.3. The molecule has 0 saturated carbocycles. The minimum Gasteiger partial charge on any atom is -0.332 e. The van der Waals surface area contributed by atoms with Gasteiger partial charge < -0.3 is 9.88 Å². The molecule has 1 atom stereocenters. The Kier molecular flexibility index (Phi) is 3.41. The van der Waals surface area contributed by atoms with Gasteiger partial charge in [-0.3, -0.25) is 4.68 Å². The minimum atomic E-state index is 0.610. The van der Waals surface area contributed by atoms with Crippen molar-refractivity contribution in [2.75, 3.05) is 13.1 Å². The van der Waals surface area contributed by atoms with Gasteiger partial charge in [0.1, 0.15) is 0 Å². The summed E-state index contributed by atoms with van der Waals surface area (Å²) in [6, 6.07) is 1.96. The molecule has 96 valence electrons. The molecule has 0 radical (unpaired) electrons. The predicted molar refractivity (Wildman–Crippen MR) is 69.3 cm³/mol. The van der Waals surface area contributed by atoms with Crippen LogP contribution in [0.1, 0.15) is 24.5 Å². The van der Waals surface area contributed by atoms with Crippen LogP contribution >= 0.6 is 0 Å². The molecule has 5 heteroatoms. The Labute approximate surface area is 107 Å². The average molecular weight is 245 g/mol. The fraction of sp³-hybridized carbons (Fsp3) is 0.538. The van der Waals surface area contributed by atoms with Gasteiger partial charge in [0.2, 0.25) is 0 Å². The van der Waals surface area contributed by atoms with E-state index >= 15 is 0 Å². The summed E-state index contributed by atoms with van der Waals surface area (Å²) in [6.45, 7) is 4.06. The van der Waals surface area contributed by atoms with Gasteiger partial charge in [-0.25, -0.2) is 4.98 Å². The normalized spacial score (nSPS) is 20.1. The van der Waals surface area contributed by atoms with E-state index in [1.807, 2.05) is 35.7 Å². The molecule has 0 bridgehead atoms. The summed E-state index contributed by atoms with van der Waals surface area (Å²) in [4.78, 5) is 4.30. The van der Waals surface area contributed by atoms with Crippen molar-refractivity contribution in [2.24, 2.45) is 0 Å². The average Bonchev–Trinajstić information content (AvgIpc) is 3.09. The number of hydrogen-bond donors (Lipinski definition) is 1. The Hall–Kier alpha value is -1.62. The van der Waals surface area contributed by atoms with Crippen LogP contribution in [0.3, 0.4) is 0 Å². The van der Waals surface area contributed by atoms with Gasteiger partial charge in [0.15, 0.2) is 0 Å². The van der Waals surface area contributed by atoms with Gasteiger partial charge in [-0.1, -0.05) is 0 Å². The van der Waals surface area contributed by atoms with Crippen molar-refractivity contribution in [3.8, 4) is 0 Å². The summed E-state index contributed by atoms with van der Waals surface area (Å²) in [5.41, 5.74) is 1.36. The van der Waals surface area contributed by atoms with Crippen molar-refractivity contribution < 1.29 is 0 Å². The summed E-state index contributed by atoms with van der Waals surface area (Å²) in [5, 5.41) is 7.69. The SMILES string of the molecule is c1cnn(CCn2cncc2C2CCCNC2)c1. The third-order valence-corrected chi connectivity index (χ3v) is 3.59. The third kappa shape index (κ3) is 2.46. The predicted octanol–water partition coefficient (Wildman–Crippen LogP) is 1.25. The molecule has 18 heavy (non-hydrogen) atoms. The van der Waals surface area contributed by atoms with Gasteiger partial charge in [-0.2, -0.15) is 5.10 Å². The second-order valence-electron chi connectivity index (χ2n) is 4.82. The lowest BCUT2D eigenvalue weighted by molar-refractivity contribution is 0.431. The lowest BCUT2D eigenvalue weighted by Gasteiger charge is -2.23. The number of imidazole rings is 1. The molecule has 0 aromatic carbocycles. The maximum Gasteiger partial charge on any atom is 0.0948 e. The van der Waals surface area contributed by atoms with Crippen LogP contribution in [0.4, 0.5) is 0 Å². The Morgan fingerprint density at radius 1 is 1.39 bits per heavy atom. The highest BCUT2D eigenvalue weighted by Gasteiger charge is 2.18. The van der Waals surface area contributed by atoms with E-state index in [-0.39, 0.29) is 0 Å². The number of rotatable bonds is 4. The Bertz CT molecular complexity index is 467. The molecule has 1 fully saturated rings. The molecule has 2 aromatic heterocycles. The van der Waals surface area contributed by atoms with E-state index in [2.05, 4.69) is 20.0 Å². The quantitative estimate of drug-likeness (QED) is 0.882. The first-order chi connectivity index (χ1) is 8.93. The van der Waals surface area contributed by atoms with E-state index in [1.165, 1.54) is 18.5 Å². The minimum absolute atomic E-state index is 0.610. The van der Waals surface area contributed by atoms with E-state index < -0.39 is 0 Å². The topological polar surface area (TPSA) is 47.7 Å². The monoisotopic (exact) mass is 245 g/mol. The number of aromatic nitrogens is 4. The molecule has 5 nitrogen and oxygen atoms in total. The van der Waals surface area contributed by atoms with Gasteiger partial charge in [0.05, 0.1) is 12.9 Å². The Morgan fingerprint density at radius 2 is 2.39 bits per heavy atom. The number of hydrogen-bond acceptors (Lipinski definition) is 3. The summed E-state index contributed by atoms with van der Waals surface area (Å²) >= 11 is 0. The van der Waals surface area contributed by atoms with E-state index in [9.17, 15) is 0 Å². The lowest BCUT2D eigenvalue weighted by atomic mass is 9.96. The molecule has 3 heterocycles. The fourth-order valence-corrected chi connectivity index (χ4v) is 2.60. The molecular weight excluding hydrogens is 226 g/mol. The van der Waals surface area contributed by atoms with E-state index in [0.717, 1.165) is 26.2 Å². The van der Waals surface area contributed by atoms with Crippen molar-refractivity contribution in [3.05, 3.63) is 36.7 Å². The molecule has 2 aromatic rings. The number of nitrogens with one attached hydrogen (secondary N) is 1. The Morgan fingerprint density at radius 3 is 3.17 bits per heavy atom. The highest BCUT2D eigenvalue weighted by atomic mass is 15.3. The summed E-state index contributed by atoms with van der Waals surface area (Å²) in [7, 11) is 0. The molecule has 1 aliphatic rings. The molecule has 0 aliphatic carbocycles. The van der Waals surface area contributed by atoms with Crippen molar-refractivity contribution in [1.29, 1.82) is 0 Å². The van der Waals surface area contributed by atoms with Crippen LogP contribution in [0.5, 0.6) is 0 Å². The van der Waals surface area contributed by atoms with Crippen molar-refractivity contribution >= 4 is 0 Å². The zero-order chi connectivity index (χ0) is 12.2. The smallest absolute Gasteiger partial charge is 0.0948 e. The van der Waals surface area contributed by atoms with Gasteiger partial charge in [-0.05, 0) is 25.5 Å². The highest BCUT2D eigenvalue weighted by Crippen LogP contribution is 2.22. The van der Waals surface area contributed by atoms with Gasteiger partial charge >= 0.3 is 0 Å². The maximum atomic E-state index is 4.30. The molecular formula is C13H19N5. The molecule has 3 rings (SSSR count). The number of piperidine rings is 1. The highest BCUT2D eigenvalue weighted by molar-refractivity contribution is 5.08. The van der Waals surface area contributed by atoms with E-state index in [1.54, 1.807) is 0 Å². The second kappa shape index (κ2) is 5.35. The van der Waals surface area contributed by atoms with Crippen molar-refractivity contribution in [1.82, 2.24) is 24.6 Å². The second-order valence-corrected chi connectivity index (χ2v) is 4.82. The van der Waals surface area contributed by atoms with Crippen molar-refractivity contribution in [2.45, 2.75) is 31.8 Å². The first kappa shape index (κ1) is 11.5. The van der Waals surface area contributed by atoms with E-state index in [4.69, 9.17) is 0 Å². The number of aryl methyl sites for hydroxylation is 2. The van der Waals surface area contributed by atoms with E-state index in [0.29, 0.717) is 5.92 Å². The van der Waals surface area contributed by atoms with Crippen LogP contribution in [-0.4, -0.2) is 32.4 Å². The van der Waals surface area contributed by atoms with Crippen LogP contribution < -0.4 is 5.32 Å². The first-order valence-corrected chi connectivity index (χ1v) is 6.61. The van der Waals surface area contributed by atoms with Crippen molar-refractivity contribution in [3.63, 3.8) is 0 Å². The molecule has 1 saturated heterocycles. The van der Waals surface area contributed by atoms with Crippen LogP contribution in [0.2, 0.25) is 0 Å². The number of nitrogens with zero attached hydrogens (tertiary/aromatic N) is 4. The van der Waals surface area contributed by atoms with Gasteiger partial charge in [0, 0.05) is 43.3 Å². The zero-order valence-corrected chi connectivity index (χ0v) is 10.5. The summed E-state index contributed by atoms with van der Waals surface area (Å²) < 4.78 is 4.22.